The quantitative estimate of drug-likeness (QED) is 0.584. The number of carbonyl (C=O) groups is 2. The van der Waals surface area contributed by atoms with Crippen molar-refractivity contribution >= 4 is 23.4 Å². The van der Waals surface area contributed by atoms with Crippen molar-refractivity contribution in [1.82, 2.24) is 0 Å². The van der Waals surface area contributed by atoms with Crippen LogP contribution in [-0.4, -0.2) is 22.6 Å². The van der Waals surface area contributed by atoms with E-state index in [1.807, 2.05) is 0 Å². The van der Waals surface area contributed by atoms with Crippen molar-refractivity contribution in [3.05, 3.63) is 69.8 Å². The second-order valence-corrected chi connectivity index (χ2v) is 6.74. The summed E-state index contributed by atoms with van der Waals surface area (Å²) in [5.41, 5.74) is 0.150. The number of amides is 1. The number of non-ortho nitro benzene ring substituents is 1. The zero-order chi connectivity index (χ0) is 20.2. The van der Waals surface area contributed by atoms with Gasteiger partial charge in [-0.15, -0.1) is 5.06 Å². The van der Waals surface area contributed by atoms with Crippen LogP contribution in [0.2, 0.25) is 0 Å². The Kier molecular flexibility index (Phi) is 5.79. The predicted octanol–water partition coefficient (Wildman–Crippen LogP) is 4.42. The molecule has 0 aliphatic rings. The Morgan fingerprint density at radius 2 is 1.63 bits per heavy atom. The molecular weight excluding hydrogens is 352 g/mol. The number of hydrogen-bond acceptors (Lipinski definition) is 6. The van der Waals surface area contributed by atoms with Gasteiger partial charge in [0.15, 0.2) is 0 Å². The van der Waals surface area contributed by atoms with Crippen LogP contribution in [0.5, 0.6) is 0 Å². The summed E-state index contributed by atoms with van der Waals surface area (Å²) >= 11 is 0. The second kappa shape index (κ2) is 7.86. The van der Waals surface area contributed by atoms with Crippen molar-refractivity contribution in [3.8, 4) is 0 Å². The first-order chi connectivity index (χ1) is 12.6. The van der Waals surface area contributed by atoms with E-state index in [2.05, 4.69) is 0 Å². The molecule has 8 nitrogen and oxygen atoms in total. The first kappa shape index (κ1) is 19.9. The fourth-order valence-corrected chi connectivity index (χ4v) is 2.13. The number of nitrogens with zero attached hydrogens (tertiary/aromatic N) is 2. The average molecular weight is 372 g/mol. The summed E-state index contributed by atoms with van der Waals surface area (Å²) < 4.78 is 5.32. The summed E-state index contributed by atoms with van der Waals surface area (Å²) in [7, 11) is 0. The Labute approximate surface area is 156 Å². The summed E-state index contributed by atoms with van der Waals surface area (Å²) in [6.07, 6.45) is -0.855. The number of ether oxygens (including phenoxy) is 1. The van der Waals surface area contributed by atoms with E-state index in [-0.39, 0.29) is 11.3 Å². The van der Waals surface area contributed by atoms with Gasteiger partial charge in [0.05, 0.1) is 16.2 Å². The van der Waals surface area contributed by atoms with Gasteiger partial charge in [0.25, 0.3) is 5.69 Å². The Balaban J connectivity index is 2.30. The number of para-hydroxylation sites is 1. The molecule has 0 saturated heterocycles. The molecule has 142 valence electrons. The number of aryl methyl sites for hydroxylation is 1. The van der Waals surface area contributed by atoms with Gasteiger partial charge in [0.2, 0.25) is 0 Å². The molecule has 0 N–H and O–H groups in total. The minimum atomic E-state index is -0.855. The third-order valence-electron chi connectivity index (χ3n) is 3.38. The minimum absolute atomic E-state index is 0.0581. The highest BCUT2D eigenvalue weighted by atomic mass is 16.8. The average Bonchev–Trinajstić information content (AvgIpc) is 2.58. The maximum atomic E-state index is 12.6. The maximum absolute atomic E-state index is 12.6. The smallest absolute Gasteiger partial charge is 0.441 e. The number of hydrogen-bond donors (Lipinski definition) is 0. The Bertz CT molecular complexity index is 855. The lowest BCUT2D eigenvalue weighted by atomic mass is 10.2. The molecule has 2 aromatic carbocycles. The zero-order valence-corrected chi connectivity index (χ0v) is 15.5. The van der Waals surface area contributed by atoms with Gasteiger partial charge in [0.1, 0.15) is 5.60 Å². The zero-order valence-electron chi connectivity index (χ0n) is 15.5. The van der Waals surface area contributed by atoms with Crippen LogP contribution in [0.15, 0.2) is 48.5 Å². The Morgan fingerprint density at radius 3 is 2.15 bits per heavy atom. The third-order valence-corrected chi connectivity index (χ3v) is 3.38. The fraction of sp³-hybridized carbons (Fsp3) is 0.263. The molecule has 1 amide bonds. The molecule has 0 heterocycles. The Morgan fingerprint density at radius 1 is 1.04 bits per heavy atom. The highest BCUT2D eigenvalue weighted by Crippen LogP contribution is 2.24. The molecule has 2 rings (SSSR count). The van der Waals surface area contributed by atoms with E-state index in [9.17, 15) is 19.7 Å². The predicted molar refractivity (Wildman–Crippen MR) is 98.4 cm³/mol. The van der Waals surface area contributed by atoms with Crippen molar-refractivity contribution in [2.75, 3.05) is 5.06 Å². The first-order valence-electron chi connectivity index (χ1n) is 8.14. The van der Waals surface area contributed by atoms with Gasteiger partial charge in [0, 0.05) is 12.1 Å². The van der Waals surface area contributed by atoms with Crippen LogP contribution in [0.1, 0.15) is 36.7 Å². The second-order valence-electron chi connectivity index (χ2n) is 6.74. The first-order valence-corrected chi connectivity index (χ1v) is 8.14. The van der Waals surface area contributed by atoms with Crippen molar-refractivity contribution in [1.29, 1.82) is 0 Å². The van der Waals surface area contributed by atoms with E-state index in [4.69, 9.17) is 9.57 Å². The Hall–Kier alpha value is -3.42. The van der Waals surface area contributed by atoms with E-state index in [0.717, 1.165) is 5.06 Å². The fourth-order valence-electron chi connectivity index (χ4n) is 2.13. The highest BCUT2D eigenvalue weighted by Gasteiger charge is 2.28. The van der Waals surface area contributed by atoms with Crippen molar-refractivity contribution in [3.63, 3.8) is 0 Å². The van der Waals surface area contributed by atoms with Crippen LogP contribution in [0.4, 0.5) is 16.2 Å². The molecule has 27 heavy (non-hydrogen) atoms. The number of hydroxylamine groups is 1. The summed E-state index contributed by atoms with van der Waals surface area (Å²) in [4.78, 5) is 40.4. The van der Waals surface area contributed by atoms with Gasteiger partial charge in [-0.2, -0.15) is 0 Å². The largest absolute Gasteiger partial charge is 0.448 e. The normalized spacial score (nSPS) is 10.8. The molecule has 0 spiro atoms. The number of rotatable bonds is 3. The summed E-state index contributed by atoms with van der Waals surface area (Å²) in [5.74, 6) is -0.848. The van der Waals surface area contributed by atoms with E-state index >= 15 is 0 Å². The lowest BCUT2D eigenvalue weighted by Gasteiger charge is -2.26. The minimum Gasteiger partial charge on any atom is -0.441 e. The SMILES string of the molecule is Cc1ccccc1N(OC(=O)c1ccc([N+](=O)[O-])cc1)C(=O)OC(C)(C)C. The van der Waals surface area contributed by atoms with Crippen LogP contribution in [0, 0.1) is 17.0 Å². The molecular formula is C19H20N2O6. The molecule has 0 aliphatic carbocycles. The van der Waals surface area contributed by atoms with Crippen LogP contribution in [-0.2, 0) is 9.57 Å². The number of anilines is 1. The lowest BCUT2D eigenvalue weighted by Crippen LogP contribution is -2.38. The molecule has 0 aromatic heterocycles. The number of nitro benzene ring substituents is 1. The van der Waals surface area contributed by atoms with Crippen LogP contribution >= 0.6 is 0 Å². The van der Waals surface area contributed by atoms with Crippen molar-refractivity contribution in [2.24, 2.45) is 0 Å². The summed E-state index contributed by atoms with van der Waals surface area (Å²) in [5, 5.41) is 11.5. The van der Waals surface area contributed by atoms with Crippen molar-refractivity contribution < 1.29 is 24.1 Å². The van der Waals surface area contributed by atoms with Crippen molar-refractivity contribution in [2.45, 2.75) is 33.3 Å². The van der Waals surface area contributed by atoms with E-state index in [0.29, 0.717) is 11.3 Å². The van der Waals surface area contributed by atoms with E-state index in [1.165, 1.54) is 24.3 Å². The maximum Gasteiger partial charge on any atom is 0.448 e. The van der Waals surface area contributed by atoms with Gasteiger partial charge in [-0.05, 0) is 51.5 Å². The van der Waals surface area contributed by atoms with Crippen LogP contribution in [0.3, 0.4) is 0 Å². The number of benzene rings is 2. The van der Waals surface area contributed by atoms with Gasteiger partial charge in [-0.25, -0.2) is 9.59 Å². The molecule has 2 aromatic rings. The van der Waals surface area contributed by atoms with Crippen LogP contribution < -0.4 is 5.06 Å². The van der Waals surface area contributed by atoms with Gasteiger partial charge >= 0.3 is 12.1 Å². The molecule has 0 aliphatic heterocycles. The molecule has 8 heteroatoms. The highest BCUT2D eigenvalue weighted by molar-refractivity contribution is 5.95. The molecule has 0 bridgehead atoms. The summed E-state index contributed by atoms with van der Waals surface area (Å²) in [6, 6.07) is 11.7. The number of nitro groups is 1. The molecule has 0 atom stereocenters. The standard InChI is InChI=1S/C19H20N2O6/c1-13-7-5-6-8-16(13)20(18(23)26-19(2,3)4)27-17(22)14-9-11-15(12-10-14)21(24)25/h5-12H,1-4H3. The monoisotopic (exact) mass is 372 g/mol. The van der Waals surface area contributed by atoms with E-state index < -0.39 is 22.6 Å². The molecule has 0 unspecified atom stereocenters. The molecule has 0 radical (unpaired) electrons. The molecule has 0 fully saturated rings. The van der Waals surface area contributed by atoms with Gasteiger partial charge in [-0.1, -0.05) is 18.2 Å². The number of carbonyl (C=O) groups excluding carboxylic acids is 2. The third kappa shape index (κ3) is 5.27. The lowest BCUT2D eigenvalue weighted by molar-refractivity contribution is -0.384. The summed E-state index contributed by atoms with van der Waals surface area (Å²) in [6.45, 7) is 6.84. The molecule has 0 saturated carbocycles. The van der Waals surface area contributed by atoms with Gasteiger partial charge < -0.3 is 9.57 Å². The van der Waals surface area contributed by atoms with E-state index in [1.54, 1.807) is 52.0 Å². The van der Waals surface area contributed by atoms with Crippen LogP contribution in [0.25, 0.3) is 0 Å². The van der Waals surface area contributed by atoms with Gasteiger partial charge in [-0.3, -0.25) is 10.1 Å². The topological polar surface area (TPSA) is 99.0 Å².